The van der Waals surface area contributed by atoms with Crippen molar-refractivity contribution >= 4 is 17.6 Å². The highest BCUT2D eigenvalue weighted by Gasteiger charge is 2.48. The van der Waals surface area contributed by atoms with Gasteiger partial charge in [0.05, 0.1) is 18.2 Å². The lowest BCUT2D eigenvalue weighted by atomic mass is 9.76. The molecular weight excluding hydrogens is 390 g/mol. The molecule has 0 bridgehead atoms. The van der Waals surface area contributed by atoms with Gasteiger partial charge in [-0.3, -0.25) is 15.0 Å². The molecule has 1 saturated heterocycles. The van der Waals surface area contributed by atoms with Crippen LogP contribution in [0.1, 0.15) is 25.3 Å². The third kappa shape index (κ3) is 4.70. The summed E-state index contributed by atoms with van der Waals surface area (Å²) in [5, 5.41) is 15.7. The first kappa shape index (κ1) is 20.9. The van der Waals surface area contributed by atoms with Gasteiger partial charge in [-0.2, -0.15) is 5.26 Å². The Kier molecular flexibility index (Phi) is 6.19. The van der Waals surface area contributed by atoms with E-state index in [1.54, 1.807) is 0 Å². The predicted molar refractivity (Wildman–Crippen MR) is 120 cm³/mol. The molecule has 1 unspecified atom stereocenters. The molecule has 2 aliphatic rings. The number of carbonyl (C=O) groups is 1. The molecule has 1 atom stereocenters. The molecule has 7 heteroatoms. The van der Waals surface area contributed by atoms with Crippen molar-refractivity contribution in [3.05, 3.63) is 60.2 Å². The standard InChI is InChI=1S/C24H27N5O2/c1-2-31-20-10-8-19(9-11-20)26-23-27-22(30)21(16-25)24(28-23)12-14-29(15-13-24)17-18-6-4-3-5-7-18/h3-11,21H,2,12-15,17H2,1H3,(H2,26,27,28,30). The van der Waals surface area contributed by atoms with Gasteiger partial charge in [-0.05, 0) is 49.6 Å². The van der Waals surface area contributed by atoms with E-state index in [-0.39, 0.29) is 5.91 Å². The Hall–Kier alpha value is -3.37. The summed E-state index contributed by atoms with van der Waals surface area (Å²) in [6.45, 7) is 4.99. The summed E-state index contributed by atoms with van der Waals surface area (Å²) < 4.78 is 5.47. The molecule has 0 aromatic heterocycles. The highest BCUT2D eigenvalue weighted by Crippen LogP contribution is 2.36. The van der Waals surface area contributed by atoms with Crippen LogP contribution in [-0.4, -0.2) is 42.0 Å². The van der Waals surface area contributed by atoms with Crippen molar-refractivity contribution in [2.75, 3.05) is 25.0 Å². The minimum absolute atomic E-state index is 0.289. The van der Waals surface area contributed by atoms with Gasteiger partial charge in [-0.25, -0.2) is 4.99 Å². The van der Waals surface area contributed by atoms with Crippen LogP contribution < -0.4 is 15.4 Å². The summed E-state index contributed by atoms with van der Waals surface area (Å²) in [5.41, 5.74) is 1.37. The Labute approximate surface area is 182 Å². The number of benzene rings is 2. The Bertz CT molecular complexity index is 973. The molecule has 2 aliphatic heterocycles. The topological polar surface area (TPSA) is 89.8 Å². The zero-order valence-corrected chi connectivity index (χ0v) is 17.7. The maximum atomic E-state index is 12.7. The molecule has 0 aliphatic carbocycles. The molecule has 1 amide bonds. The van der Waals surface area contributed by atoms with Crippen molar-refractivity contribution < 1.29 is 9.53 Å². The van der Waals surface area contributed by atoms with Gasteiger partial charge in [0.2, 0.25) is 11.9 Å². The number of anilines is 1. The van der Waals surface area contributed by atoms with Crippen LogP contribution in [0.4, 0.5) is 5.69 Å². The number of ether oxygens (including phenoxy) is 1. The molecule has 2 aromatic rings. The van der Waals surface area contributed by atoms with Crippen LogP contribution in [-0.2, 0) is 11.3 Å². The van der Waals surface area contributed by atoms with Gasteiger partial charge < -0.3 is 10.1 Å². The molecule has 4 rings (SSSR count). The normalized spacial score (nSPS) is 20.5. The molecule has 0 radical (unpaired) electrons. The zero-order valence-electron chi connectivity index (χ0n) is 17.7. The zero-order chi connectivity index (χ0) is 21.7. The Morgan fingerprint density at radius 3 is 2.55 bits per heavy atom. The molecule has 7 nitrogen and oxygen atoms in total. The number of piperidine rings is 1. The summed E-state index contributed by atoms with van der Waals surface area (Å²) in [5.74, 6) is 0.117. The van der Waals surface area contributed by atoms with Crippen molar-refractivity contribution in [1.29, 1.82) is 5.26 Å². The summed E-state index contributed by atoms with van der Waals surface area (Å²) >= 11 is 0. The second kappa shape index (κ2) is 9.19. The number of aliphatic imine (C=N–C) groups is 1. The number of rotatable bonds is 5. The number of amides is 1. The van der Waals surface area contributed by atoms with Crippen molar-refractivity contribution in [2.45, 2.75) is 31.8 Å². The molecular formula is C24H27N5O2. The number of likely N-dealkylation sites (tertiary alicyclic amines) is 1. The number of carbonyl (C=O) groups excluding carboxylic acids is 1. The van der Waals surface area contributed by atoms with E-state index in [9.17, 15) is 10.1 Å². The fourth-order valence-electron chi connectivity index (χ4n) is 4.26. The molecule has 2 heterocycles. The molecule has 1 fully saturated rings. The van der Waals surface area contributed by atoms with Gasteiger partial charge in [-0.15, -0.1) is 0 Å². The number of hydrogen-bond acceptors (Lipinski definition) is 6. The number of nitrogens with zero attached hydrogens (tertiary/aromatic N) is 3. The second-order valence-electron chi connectivity index (χ2n) is 7.96. The van der Waals surface area contributed by atoms with Crippen LogP contribution in [0.3, 0.4) is 0 Å². The first-order valence-electron chi connectivity index (χ1n) is 10.7. The van der Waals surface area contributed by atoms with E-state index >= 15 is 0 Å². The lowest BCUT2D eigenvalue weighted by Gasteiger charge is -2.43. The molecule has 2 aromatic carbocycles. The van der Waals surface area contributed by atoms with E-state index in [2.05, 4.69) is 33.7 Å². The van der Waals surface area contributed by atoms with E-state index in [1.807, 2.05) is 49.4 Å². The van der Waals surface area contributed by atoms with Crippen LogP contribution in [0.15, 0.2) is 59.6 Å². The van der Waals surface area contributed by atoms with Crippen LogP contribution in [0, 0.1) is 17.2 Å². The lowest BCUT2D eigenvalue weighted by Crippen LogP contribution is -2.58. The average molecular weight is 418 g/mol. The van der Waals surface area contributed by atoms with E-state index in [0.29, 0.717) is 25.4 Å². The highest BCUT2D eigenvalue weighted by atomic mass is 16.5. The molecule has 160 valence electrons. The third-order valence-corrected chi connectivity index (χ3v) is 5.90. The minimum atomic E-state index is -0.780. The van der Waals surface area contributed by atoms with Crippen LogP contribution >= 0.6 is 0 Å². The number of nitrogens with one attached hydrogen (secondary N) is 2. The average Bonchev–Trinajstić information content (AvgIpc) is 2.78. The summed E-state index contributed by atoms with van der Waals surface area (Å²) in [4.78, 5) is 19.9. The van der Waals surface area contributed by atoms with Gasteiger partial charge in [0.15, 0.2) is 5.92 Å². The second-order valence-corrected chi connectivity index (χ2v) is 7.96. The SMILES string of the molecule is CCOc1ccc(NC2=NC3(CCN(Cc4ccccc4)CC3)C(C#N)C(=O)N2)cc1. The van der Waals surface area contributed by atoms with Crippen molar-refractivity contribution in [3.8, 4) is 11.8 Å². The van der Waals surface area contributed by atoms with Crippen molar-refractivity contribution in [3.63, 3.8) is 0 Å². The Balaban J connectivity index is 1.48. The fourth-order valence-corrected chi connectivity index (χ4v) is 4.26. The van der Waals surface area contributed by atoms with Crippen LogP contribution in [0.2, 0.25) is 0 Å². The highest BCUT2D eigenvalue weighted by molar-refractivity contribution is 6.07. The van der Waals surface area contributed by atoms with Gasteiger partial charge in [0.25, 0.3) is 0 Å². The van der Waals surface area contributed by atoms with E-state index in [0.717, 1.165) is 31.1 Å². The van der Waals surface area contributed by atoms with Gasteiger partial charge >= 0.3 is 0 Å². The number of guanidine groups is 1. The fraction of sp³-hybridized carbons (Fsp3) is 0.375. The van der Waals surface area contributed by atoms with Crippen LogP contribution in [0.25, 0.3) is 0 Å². The van der Waals surface area contributed by atoms with E-state index in [1.165, 1.54) is 5.56 Å². The molecule has 2 N–H and O–H groups in total. The van der Waals surface area contributed by atoms with Crippen LogP contribution in [0.5, 0.6) is 5.75 Å². The van der Waals surface area contributed by atoms with E-state index < -0.39 is 11.5 Å². The monoisotopic (exact) mass is 417 g/mol. The van der Waals surface area contributed by atoms with Gasteiger partial charge in [0, 0.05) is 25.3 Å². The quantitative estimate of drug-likeness (QED) is 0.780. The smallest absolute Gasteiger partial charge is 0.246 e. The number of hydrogen-bond donors (Lipinski definition) is 2. The maximum absolute atomic E-state index is 12.7. The maximum Gasteiger partial charge on any atom is 0.246 e. The van der Waals surface area contributed by atoms with Gasteiger partial charge in [-0.1, -0.05) is 30.3 Å². The lowest BCUT2D eigenvalue weighted by molar-refractivity contribution is -0.125. The molecule has 31 heavy (non-hydrogen) atoms. The number of nitriles is 1. The largest absolute Gasteiger partial charge is 0.494 e. The van der Waals surface area contributed by atoms with Crippen molar-refractivity contribution in [1.82, 2.24) is 10.2 Å². The first-order chi connectivity index (χ1) is 15.1. The Morgan fingerprint density at radius 2 is 1.90 bits per heavy atom. The molecule has 1 spiro atoms. The summed E-state index contributed by atoms with van der Waals surface area (Å²) in [6.07, 6.45) is 1.33. The minimum Gasteiger partial charge on any atom is -0.494 e. The Morgan fingerprint density at radius 1 is 1.19 bits per heavy atom. The predicted octanol–water partition coefficient (Wildman–Crippen LogP) is 3.16. The third-order valence-electron chi connectivity index (χ3n) is 5.90. The first-order valence-corrected chi connectivity index (χ1v) is 10.7. The summed E-state index contributed by atoms with van der Waals surface area (Å²) in [6, 6.07) is 20.0. The summed E-state index contributed by atoms with van der Waals surface area (Å²) in [7, 11) is 0. The van der Waals surface area contributed by atoms with Crippen molar-refractivity contribution in [2.24, 2.45) is 10.9 Å². The van der Waals surface area contributed by atoms with Gasteiger partial charge in [0.1, 0.15) is 5.75 Å². The molecule has 0 saturated carbocycles. The van der Waals surface area contributed by atoms with E-state index in [4.69, 9.17) is 9.73 Å².